The summed E-state index contributed by atoms with van der Waals surface area (Å²) in [5.41, 5.74) is 0.721. The smallest absolute Gasteiger partial charge is 0.332 e. The van der Waals surface area contributed by atoms with Gasteiger partial charge >= 0.3 is 5.69 Å². The zero-order valence-corrected chi connectivity index (χ0v) is 16.1. The molecule has 0 spiro atoms. The largest absolute Gasteiger partial charge is 0.548 e. The molecule has 1 aromatic carbocycles. The van der Waals surface area contributed by atoms with Crippen LogP contribution in [0, 0.1) is 6.92 Å². The number of anilines is 2. The second-order valence-corrected chi connectivity index (χ2v) is 7.14. The monoisotopic (exact) mass is 402 g/mol. The Morgan fingerprint density at radius 3 is 2.75 bits per heavy atom. The number of fused-ring (bicyclic) bond motifs is 3. The number of hydrogen-bond donors (Lipinski definition) is 0. The molecule has 0 atom stereocenters. The molecule has 4 rings (SSSR count). The molecular weight excluding hydrogens is 386 g/mol. The summed E-state index contributed by atoms with van der Waals surface area (Å²) >= 11 is 6.27. The van der Waals surface area contributed by atoms with Gasteiger partial charge in [0.25, 0.3) is 5.56 Å². The van der Waals surface area contributed by atoms with E-state index in [0.717, 1.165) is 17.7 Å². The first kappa shape index (κ1) is 18.3. The summed E-state index contributed by atoms with van der Waals surface area (Å²) in [5, 5.41) is 11.6. The molecule has 10 heteroatoms. The van der Waals surface area contributed by atoms with Gasteiger partial charge in [0.05, 0.1) is 12.5 Å². The van der Waals surface area contributed by atoms with E-state index >= 15 is 0 Å². The maximum absolute atomic E-state index is 12.9. The van der Waals surface area contributed by atoms with Crippen LogP contribution in [0.1, 0.15) is 12.0 Å². The van der Waals surface area contributed by atoms with Crippen molar-refractivity contribution in [3.63, 3.8) is 0 Å². The molecule has 0 bridgehead atoms. The van der Waals surface area contributed by atoms with Crippen molar-refractivity contribution < 1.29 is 9.90 Å². The predicted octanol–water partition coefficient (Wildman–Crippen LogP) is 0.150. The van der Waals surface area contributed by atoms with Crippen LogP contribution in [0.25, 0.3) is 11.2 Å². The van der Waals surface area contributed by atoms with Gasteiger partial charge in [0, 0.05) is 30.8 Å². The molecule has 1 aliphatic heterocycles. The summed E-state index contributed by atoms with van der Waals surface area (Å²) in [4.78, 5) is 42.9. The number of imidazole rings is 1. The number of halogens is 1. The van der Waals surface area contributed by atoms with Gasteiger partial charge in [0.1, 0.15) is 0 Å². The SMILES string of the molecule is Cc1c(Cl)cccc1N1CCCn2c1nc1c2c(=O)n(CC(=O)[O-])c(=O)n1C. The normalized spacial score (nSPS) is 13.8. The third-order valence-corrected chi connectivity index (χ3v) is 5.44. The van der Waals surface area contributed by atoms with Crippen LogP contribution in [-0.4, -0.2) is 31.2 Å². The van der Waals surface area contributed by atoms with Gasteiger partial charge in [-0.3, -0.25) is 13.9 Å². The molecule has 0 unspecified atom stereocenters. The Labute approximate surface area is 164 Å². The van der Waals surface area contributed by atoms with Gasteiger partial charge in [-0.25, -0.2) is 4.79 Å². The molecule has 0 saturated heterocycles. The maximum Gasteiger partial charge on any atom is 0.332 e. The number of carbonyl (C=O) groups excluding carboxylic acids is 1. The van der Waals surface area contributed by atoms with Crippen molar-refractivity contribution in [3.8, 4) is 0 Å². The van der Waals surface area contributed by atoms with Crippen molar-refractivity contribution in [1.29, 1.82) is 0 Å². The van der Waals surface area contributed by atoms with E-state index in [0.29, 0.717) is 28.6 Å². The van der Waals surface area contributed by atoms with Crippen LogP contribution < -0.4 is 21.3 Å². The fourth-order valence-corrected chi connectivity index (χ4v) is 3.82. The highest BCUT2D eigenvalue weighted by Crippen LogP contribution is 2.35. The Bertz CT molecular complexity index is 1240. The minimum atomic E-state index is -1.51. The van der Waals surface area contributed by atoms with E-state index in [-0.39, 0.29) is 11.2 Å². The lowest BCUT2D eigenvalue weighted by molar-refractivity contribution is -0.306. The zero-order chi connectivity index (χ0) is 20.2. The predicted molar refractivity (Wildman–Crippen MR) is 102 cm³/mol. The Hall–Kier alpha value is -3.07. The molecule has 9 nitrogen and oxygen atoms in total. The van der Waals surface area contributed by atoms with E-state index in [9.17, 15) is 19.5 Å². The number of benzene rings is 1. The average molecular weight is 403 g/mol. The van der Waals surface area contributed by atoms with Crippen molar-refractivity contribution >= 4 is 40.4 Å². The number of aromatic nitrogens is 4. The van der Waals surface area contributed by atoms with Crippen LogP contribution >= 0.6 is 11.6 Å². The topological polar surface area (TPSA) is 105 Å². The maximum atomic E-state index is 12.9. The van der Waals surface area contributed by atoms with Crippen LogP contribution in [0.5, 0.6) is 0 Å². The van der Waals surface area contributed by atoms with Crippen LogP contribution in [0.15, 0.2) is 27.8 Å². The Kier molecular flexibility index (Phi) is 4.26. The van der Waals surface area contributed by atoms with Crippen LogP contribution in [0.2, 0.25) is 5.02 Å². The molecule has 0 fully saturated rings. The highest BCUT2D eigenvalue weighted by Gasteiger charge is 2.27. The van der Waals surface area contributed by atoms with Gasteiger partial charge in [-0.15, -0.1) is 0 Å². The Morgan fingerprint density at radius 1 is 1.29 bits per heavy atom. The van der Waals surface area contributed by atoms with Crippen molar-refractivity contribution in [1.82, 2.24) is 18.7 Å². The first-order chi connectivity index (χ1) is 13.3. The number of rotatable bonds is 3. The lowest BCUT2D eigenvalue weighted by atomic mass is 10.1. The van der Waals surface area contributed by atoms with Crippen molar-refractivity contribution in [3.05, 3.63) is 49.6 Å². The summed E-state index contributed by atoms with van der Waals surface area (Å²) in [6.07, 6.45) is 0.743. The second kappa shape index (κ2) is 6.52. The Balaban J connectivity index is 2.01. The summed E-state index contributed by atoms with van der Waals surface area (Å²) in [6.45, 7) is 2.30. The molecule has 0 amide bonds. The first-order valence-corrected chi connectivity index (χ1v) is 9.11. The zero-order valence-electron chi connectivity index (χ0n) is 15.3. The molecular formula is C18H17ClN5O4-. The van der Waals surface area contributed by atoms with Gasteiger partial charge in [-0.1, -0.05) is 17.7 Å². The van der Waals surface area contributed by atoms with Crippen molar-refractivity contribution in [2.45, 2.75) is 26.4 Å². The quantitative estimate of drug-likeness (QED) is 0.617. The number of carboxylic acids is 1. The van der Waals surface area contributed by atoms with Crippen LogP contribution in [0.4, 0.5) is 11.6 Å². The first-order valence-electron chi connectivity index (χ1n) is 8.74. The van der Waals surface area contributed by atoms with Gasteiger partial charge < -0.3 is 19.4 Å². The van der Waals surface area contributed by atoms with Crippen LogP contribution in [-0.2, 0) is 24.9 Å². The highest BCUT2D eigenvalue weighted by molar-refractivity contribution is 6.31. The summed E-state index contributed by atoms with van der Waals surface area (Å²) in [6, 6.07) is 5.56. The average Bonchev–Trinajstić information content (AvgIpc) is 3.05. The van der Waals surface area contributed by atoms with Crippen molar-refractivity contribution in [2.75, 3.05) is 11.4 Å². The van der Waals surface area contributed by atoms with E-state index in [1.807, 2.05) is 24.0 Å². The second-order valence-electron chi connectivity index (χ2n) is 6.73. The van der Waals surface area contributed by atoms with Gasteiger partial charge in [-0.2, -0.15) is 4.98 Å². The van der Waals surface area contributed by atoms with E-state index in [4.69, 9.17) is 11.6 Å². The van der Waals surface area contributed by atoms with E-state index < -0.39 is 23.8 Å². The fraction of sp³-hybridized carbons (Fsp3) is 0.333. The molecule has 28 heavy (non-hydrogen) atoms. The van der Waals surface area contributed by atoms with Gasteiger partial charge in [0.2, 0.25) is 5.95 Å². The molecule has 3 heterocycles. The van der Waals surface area contributed by atoms with Gasteiger partial charge in [0.15, 0.2) is 11.2 Å². The molecule has 0 N–H and O–H groups in total. The third kappa shape index (κ3) is 2.62. The lowest BCUT2D eigenvalue weighted by Crippen LogP contribution is -2.44. The molecule has 3 aromatic rings. The minimum Gasteiger partial charge on any atom is -0.548 e. The number of aryl methyl sites for hydroxylation is 2. The summed E-state index contributed by atoms with van der Waals surface area (Å²) in [7, 11) is 1.46. The molecule has 0 aliphatic carbocycles. The van der Waals surface area contributed by atoms with E-state index in [1.165, 1.54) is 11.6 Å². The number of nitrogens with zero attached hydrogens (tertiary/aromatic N) is 5. The number of carboxylic acid groups (broad SMARTS) is 1. The molecule has 2 aromatic heterocycles. The Morgan fingerprint density at radius 2 is 2.04 bits per heavy atom. The lowest BCUT2D eigenvalue weighted by Gasteiger charge is -2.30. The van der Waals surface area contributed by atoms with Crippen molar-refractivity contribution in [2.24, 2.45) is 7.05 Å². The number of aliphatic carboxylic acids is 1. The number of carbonyl (C=O) groups is 1. The standard InChI is InChI=1S/C18H18ClN5O4/c1-10-11(19)5-3-6-12(10)22-7-4-8-23-14-15(20-17(22)23)21(2)18(28)24(16(14)27)9-13(25)26/h3,5-6H,4,7-9H2,1-2H3,(H,25,26)/p-1. The highest BCUT2D eigenvalue weighted by atomic mass is 35.5. The van der Waals surface area contributed by atoms with Gasteiger partial charge in [-0.05, 0) is 31.0 Å². The van der Waals surface area contributed by atoms with E-state index in [1.54, 1.807) is 10.6 Å². The molecule has 146 valence electrons. The summed E-state index contributed by atoms with van der Waals surface area (Å²) < 4.78 is 3.58. The van der Waals surface area contributed by atoms with E-state index in [2.05, 4.69) is 4.98 Å². The third-order valence-electron chi connectivity index (χ3n) is 5.03. The molecule has 0 saturated carbocycles. The number of hydrogen-bond acceptors (Lipinski definition) is 6. The summed E-state index contributed by atoms with van der Waals surface area (Å²) in [5.74, 6) is -0.988. The fourth-order valence-electron chi connectivity index (χ4n) is 3.65. The molecule has 0 radical (unpaired) electrons. The minimum absolute atomic E-state index is 0.197. The molecule has 1 aliphatic rings. The van der Waals surface area contributed by atoms with Crippen LogP contribution in [0.3, 0.4) is 0 Å².